The van der Waals surface area contributed by atoms with Gasteiger partial charge >= 0.3 is 0 Å². The van der Waals surface area contributed by atoms with Crippen molar-refractivity contribution in [2.75, 3.05) is 26.2 Å². The fourth-order valence-electron chi connectivity index (χ4n) is 2.72. The van der Waals surface area contributed by atoms with E-state index in [0.29, 0.717) is 6.04 Å². The summed E-state index contributed by atoms with van der Waals surface area (Å²) in [7, 11) is 0. The molecule has 6 heteroatoms. The van der Waals surface area contributed by atoms with Crippen molar-refractivity contribution in [1.82, 2.24) is 15.5 Å². The summed E-state index contributed by atoms with van der Waals surface area (Å²) in [6, 6.07) is 4.76. The van der Waals surface area contributed by atoms with Gasteiger partial charge in [0.2, 0.25) is 0 Å². The Kier molecular flexibility index (Phi) is 7.69. The SMILES string of the molecule is CCCN1CCC(NC(=NCc2ccc(Br)s2)NCC)CC1. The lowest BCUT2D eigenvalue weighted by molar-refractivity contribution is 0.206. The minimum Gasteiger partial charge on any atom is -0.357 e. The highest BCUT2D eigenvalue weighted by Crippen LogP contribution is 2.22. The number of guanidine groups is 1. The average molecular weight is 387 g/mol. The molecule has 2 heterocycles. The molecule has 1 aromatic rings. The summed E-state index contributed by atoms with van der Waals surface area (Å²) in [5, 5.41) is 6.96. The monoisotopic (exact) mass is 386 g/mol. The molecule has 2 N–H and O–H groups in total. The first-order chi connectivity index (χ1) is 10.7. The van der Waals surface area contributed by atoms with E-state index in [1.165, 1.54) is 47.6 Å². The van der Waals surface area contributed by atoms with Crippen molar-refractivity contribution < 1.29 is 0 Å². The highest BCUT2D eigenvalue weighted by molar-refractivity contribution is 9.11. The minimum atomic E-state index is 0.543. The summed E-state index contributed by atoms with van der Waals surface area (Å²) < 4.78 is 1.17. The van der Waals surface area contributed by atoms with E-state index in [1.807, 2.05) is 0 Å². The topological polar surface area (TPSA) is 39.7 Å². The molecule has 0 bridgehead atoms. The molecule has 1 aliphatic rings. The molecule has 0 spiro atoms. The fraction of sp³-hybridized carbons (Fsp3) is 0.688. The van der Waals surface area contributed by atoms with Gasteiger partial charge in [-0.3, -0.25) is 0 Å². The molecule has 1 saturated heterocycles. The molecule has 1 fully saturated rings. The van der Waals surface area contributed by atoms with Gasteiger partial charge in [-0.2, -0.15) is 0 Å². The maximum atomic E-state index is 4.72. The van der Waals surface area contributed by atoms with Crippen LogP contribution in [0.3, 0.4) is 0 Å². The molecule has 0 aromatic carbocycles. The summed E-state index contributed by atoms with van der Waals surface area (Å²) in [5.41, 5.74) is 0. The van der Waals surface area contributed by atoms with Crippen molar-refractivity contribution in [2.45, 2.75) is 45.7 Å². The van der Waals surface area contributed by atoms with Gasteiger partial charge in [-0.05, 0) is 60.8 Å². The Morgan fingerprint density at radius 2 is 2.14 bits per heavy atom. The van der Waals surface area contributed by atoms with Gasteiger partial charge in [0.1, 0.15) is 0 Å². The standard InChI is InChI=1S/C16H27BrN4S/c1-3-9-21-10-7-13(8-11-21)20-16(18-4-2)19-12-14-5-6-15(17)22-14/h5-6,13H,3-4,7-12H2,1-2H3,(H2,18,19,20). The lowest BCUT2D eigenvalue weighted by Crippen LogP contribution is -2.48. The molecular formula is C16H27BrN4S. The van der Waals surface area contributed by atoms with Crippen molar-refractivity contribution in [1.29, 1.82) is 0 Å². The van der Waals surface area contributed by atoms with E-state index in [-0.39, 0.29) is 0 Å². The summed E-state index contributed by atoms with van der Waals surface area (Å²) in [4.78, 5) is 8.56. The third-order valence-electron chi connectivity index (χ3n) is 3.83. The Morgan fingerprint density at radius 3 is 2.73 bits per heavy atom. The second-order valence-electron chi connectivity index (χ2n) is 5.66. The number of nitrogens with one attached hydrogen (secondary N) is 2. The van der Waals surface area contributed by atoms with Gasteiger partial charge in [0.15, 0.2) is 5.96 Å². The van der Waals surface area contributed by atoms with Gasteiger partial charge < -0.3 is 15.5 Å². The molecule has 124 valence electrons. The number of aliphatic imine (C=N–C) groups is 1. The molecule has 22 heavy (non-hydrogen) atoms. The van der Waals surface area contributed by atoms with Crippen LogP contribution >= 0.6 is 27.3 Å². The number of rotatable bonds is 6. The number of hydrogen-bond donors (Lipinski definition) is 2. The predicted octanol–water partition coefficient (Wildman–Crippen LogP) is 3.44. The third-order valence-corrected chi connectivity index (χ3v) is 5.44. The molecule has 0 aliphatic carbocycles. The number of halogens is 1. The molecule has 0 radical (unpaired) electrons. The summed E-state index contributed by atoms with van der Waals surface area (Å²) >= 11 is 5.25. The van der Waals surface area contributed by atoms with Crippen LogP contribution in [0.4, 0.5) is 0 Å². The van der Waals surface area contributed by atoms with Crippen LogP contribution in [0.1, 0.15) is 38.0 Å². The minimum absolute atomic E-state index is 0.543. The highest BCUT2D eigenvalue weighted by atomic mass is 79.9. The molecule has 0 amide bonds. The summed E-state index contributed by atoms with van der Waals surface area (Å²) in [6.07, 6.45) is 3.66. The Morgan fingerprint density at radius 1 is 1.36 bits per heavy atom. The second-order valence-corrected chi connectivity index (χ2v) is 8.21. The zero-order chi connectivity index (χ0) is 15.8. The zero-order valence-electron chi connectivity index (χ0n) is 13.6. The predicted molar refractivity (Wildman–Crippen MR) is 99.7 cm³/mol. The highest BCUT2D eigenvalue weighted by Gasteiger charge is 2.19. The molecule has 0 unspecified atom stereocenters. The summed E-state index contributed by atoms with van der Waals surface area (Å²) in [5.74, 6) is 0.945. The van der Waals surface area contributed by atoms with Gasteiger partial charge in [0.25, 0.3) is 0 Å². The van der Waals surface area contributed by atoms with Crippen LogP contribution in [-0.4, -0.2) is 43.1 Å². The number of piperidine rings is 1. The van der Waals surface area contributed by atoms with Crippen LogP contribution in [0, 0.1) is 0 Å². The molecular weight excluding hydrogens is 360 g/mol. The van der Waals surface area contributed by atoms with E-state index in [0.717, 1.165) is 19.0 Å². The first-order valence-corrected chi connectivity index (χ1v) is 9.83. The van der Waals surface area contributed by atoms with Gasteiger partial charge in [-0.1, -0.05) is 6.92 Å². The average Bonchev–Trinajstić information content (AvgIpc) is 2.93. The van der Waals surface area contributed by atoms with Crippen molar-refractivity contribution in [2.24, 2.45) is 4.99 Å². The number of thiophene rings is 1. The zero-order valence-corrected chi connectivity index (χ0v) is 16.0. The number of likely N-dealkylation sites (tertiary alicyclic amines) is 1. The smallest absolute Gasteiger partial charge is 0.191 e. The second kappa shape index (κ2) is 9.53. The van der Waals surface area contributed by atoms with Crippen LogP contribution in [0.15, 0.2) is 20.9 Å². The van der Waals surface area contributed by atoms with Crippen LogP contribution in [0.5, 0.6) is 0 Å². The van der Waals surface area contributed by atoms with Gasteiger partial charge in [-0.25, -0.2) is 4.99 Å². The van der Waals surface area contributed by atoms with Crippen LogP contribution < -0.4 is 10.6 Å². The molecule has 0 atom stereocenters. The molecule has 1 aromatic heterocycles. The fourth-order valence-corrected chi connectivity index (χ4v) is 4.13. The first kappa shape index (κ1) is 17.8. The van der Waals surface area contributed by atoms with Crippen molar-refractivity contribution in [3.8, 4) is 0 Å². The van der Waals surface area contributed by atoms with Crippen LogP contribution in [0.2, 0.25) is 0 Å². The van der Waals surface area contributed by atoms with E-state index in [9.17, 15) is 0 Å². The normalized spacial score (nSPS) is 17.7. The summed E-state index contributed by atoms with van der Waals surface area (Å²) in [6.45, 7) is 9.63. The molecule has 1 aliphatic heterocycles. The maximum absolute atomic E-state index is 4.72. The largest absolute Gasteiger partial charge is 0.357 e. The van der Waals surface area contributed by atoms with Crippen molar-refractivity contribution >= 4 is 33.2 Å². The van der Waals surface area contributed by atoms with E-state index in [2.05, 4.69) is 57.4 Å². The first-order valence-electron chi connectivity index (χ1n) is 8.22. The Hall–Kier alpha value is -0.590. The molecule has 0 saturated carbocycles. The van der Waals surface area contributed by atoms with Crippen molar-refractivity contribution in [3.63, 3.8) is 0 Å². The maximum Gasteiger partial charge on any atom is 0.191 e. The Bertz CT molecular complexity index is 466. The van der Waals surface area contributed by atoms with E-state index in [4.69, 9.17) is 4.99 Å². The third kappa shape index (κ3) is 5.89. The van der Waals surface area contributed by atoms with Crippen molar-refractivity contribution in [3.05, 3.63) is 20.8 Å². The van der Waals surface area contributed by atoms with Gasteiger partial charge in [0.05, 0.1) is 10.3 Å². The van der Waals surface area contributed by atoms with E-state index >= 15 is 0 Å². The van der Waals surface area contributed by atoms with Gasteiger partial charge in [0, 0.05) is 30.6 Å². The van der Waals surface area contributed by atoms with Gasteiger partial charge in [-0.15, -0.1) is 11.3 Å². The van der Waals surface area contributed by atoms with E-state index in [1.54, 1.807) is 11.3 Å². The number of nitrogens with zero attached hydrogens (tertiary/aromatic N) is 2. The Balaban J connectivity index is 1.83. The van der Waals surface area contributed by atoms with Crippen LogP contribution in [0.25, 0.3) is 0 Å². The quantitative estimate of drug-likeness (QED) is 0.580. The van der Waals surface area contributed by atoms with E-state index < -0.39 is 0 Å². The molecule has 2 rings (SSSR count). The lowest BCUT2D eigenvalue weighted by Gasteiger charge is -2.32. The van der Waals surface area contributed by atoms with Crippen LogP contribution in [-0.2, 0) is 6.54 Å². The number of hydrogen-bond acceptors (Lipinski definition) is 3. The molecule has 4 nitrogen and oxygen atoms in total. The lowest BCUT2D eigenvalue weighted by atomic mass is 10.1. The Labute approximate surface area is 146 Å².